The van der Waals surface area contributed by atoms with Crippen LogP contribution >= 0.6 is 42.4 Å². The molecule has 140 valence electrons. The quantitative estimate of drug-likeness (QED) is 0.280. The maximum Gasteiger partial charge on any atom is 0.413 e. The SMILES string of the molecule is O=C(CN(C(=O)OCc1ccccc1)C(Cl)(Cl)P(=O)(O)O)OCCCl. The van der Waals surface area contributed by atoms with Gasteiger partial charge in [-0.1, -0.05) is 53.5 Å². The van der Waals surface area contributed by atoms with Crippen molar-refractivity contribution < 1.29 is 33.4 Å². The lowest BCUT2D eigenvalue weighted by Gasteiger charge is -2.32. The molecule has 1 aromatic carbocycles. The zero-order chi connectivity index (χ0) is 19.1. The predicted octanol–water partition coefficient (Wildman–Crippen LogP) is 2.67. The molecule has 0 unspecified atom stereocenters. The van der Waals surface area contributed by atoms with Crippen molar-refractivity contribution in [3.05, 3.63) is 35.9 Å². The van der Waals surface area contributed by atoms with Gasteiger partial charge in [-0.2, -0.15) is 0 Å². The Morgan fingerprint density at radius 1 is 1.16 bits per heavy atom. The monoisotopic (exact) mass is 433 g/mol. The van der Waals surface area contributed by atoms with Gasteiger partial charge in [-0.25, -0.2) is 4.79 Å². The van der Waals surface area contributed by atoms with E-state index in [0.717, 1.165) is 0 Å². The molecule has 8 nitrogen and oxygen atoms in total. The molecule has 0 aliphatic carbocycles. The minimum atomic E-state index is -5.23. The molecule has 0 saturated heterocycles. The van der Waals surface area contributed by atoms with Gasteiger partial charge in [-0.3, -0.25) is 14.3 Å². The van der Waals surface area contributed by atoms with Gasteiger partial charge < -0.3 is 19.3 Å². The second-order valence-corrected chi connectivity index (χ2v) is 8.52. The van der Waals surface area contributed by atoms with E-state index in [4.69, 9.17) is 39.5 Å². The van der Waals surface area contributed by atoms with Crippen LogP contribution in [0.2, 0.25) is 0 Å². The van der Waals surface area contributed by atoms with Crippen LogP contribution < -0.4 is 0 Å². The Morgan fingerprint density at radius 3 is 2.28 bits per heavy atom. The number of esters is 1. The molecule has 2 N–H and O–H groups in total. The Balaban J connectivity index is 2.90. The summed E-state index contributed by atoms with van der Waals surface area (Å²) in [7, 11) is -5.23. The Hall–Kier alpha value is -1.02. The minimum Gasteiger partial charge on any atom is -0.463 e. The maximum absolute atomic E-state index is 12.2. The molecule has 0 radical (unpaired) electrons. The third kappa shape index (κ3) is 6.66. The molecule has 25 heavy (non-hydrogen) atoms. The number of hydrogen-bond donors (Lipinski definition) is 2. The Kier molecular flexibility index (Phi) is 8.47. The number of carbonyl (C=O) groups excluding carboxylic acids is 2. The van der Waals surface area contributed by atoms with E-state index in [1.807, 2.05) is 0 Å². The van der Waals surface area contributed by atoms with E-state index < -0.39 is 30.4 Å². The van der Waals surface area contributed by atoms with Crippen LogP contribution in [0.15, 0.2) is 30.3 Å². The fraction of sp³-hybridized carbons (Fsp3) is 0.385. The van der Waals surface area contributed by atoms with Gasteiger partial charge in [0.25, 0.3) is 4.20 Å². The highest BCUT2D eigenvalue weighted by Crippen LogP contribution is 2.58. The Bertz CT molecular complexity index is 638. The number of nitrogens with zero attached hydrogens (tertiary/aromatic N) is 1. The van der Waals surface area contributed by atoms with Crippen molar-refractivity contribution in [2.45, 2.75) is 10.8 Å². The van der Waals surface area contributed by atoms with Crippen molar-refractivity contribution in [3.8, 4) is 0 Å². The Morgan fingerprint density at radius 2 is 1.76 bits per heavy atom. The third-order valence-electron chi connectivity index (χ3n) is 2.73. The van der Waals surface area contributed by atoms with Crippen molar-refractivity contribution in [3.63, 3.8) is 0 Å². The molecular weight excluding hydrogens is 419 g/mol. The molecule has 0 fully saturated rings. The van der Waals surface area contributed by atoms with Crippen LogP contribution in [0.1, 0.15) is 5.56 Å². The first kappa shape index (κ1) is 22.0. The number of hydrogen-bond acceptors (Lipinski definition) is 5. The van der Waals surface area contributed by atoms with Crippen LogP contribution in [0.3, 0.4) is 0 Å². The second-order valence-electron chi connectivity index (χ2n) is 4.59. The summed E-state index contributed by atoms with van der Waals surface area (Å²) < 4.78 is 18.0. The summed E-state index contributed by atoms with van der Waals surface area (Å²) in [6.07, 6.45) is -1.31. The van der Waals surface area contributed by atoms with Gasteiger partial charge in [0.2, 0.25) is 0 Å². The molecule has 12 heteroatoms. The fourth-order valence-corrected chi connectivity index (χ4v) is 2.35. The molecule has 0 aliphatic rings. The summed E-state index contributed by atoms with van der Waals surface area (Å²) in [5.74, 6) is -1.02. The molecule has 0 saturated carbocycles. The lowest BCUT2D eigenvalue weighted by atomic mass is 10.2. The average molecular weight is 435 g/mol. The number of rotatable bonds is 8. The third-order valence-corrected chi connectivity index (χ3v) is 5.55. The second kappa shape index (κ2) is 9.62. The van der Waals surface area contributed by atoms with Gasteiger partial charge in [0, 0.05) is 0 Å². The number of carbonyl (C=O) groups is 2. The molecule has 0 aromatic heterocycles. The normalized spacial score (nSPS) is 11.7. The molecule has 1 aromatic rings. The number of alkyl halides is 3. The van der Waals surface area contributed by atoms with Crippen LogP contribution in [-0.2, 0) is 25.4 Å². The van der Waals surface area contributed by atoms with E-state index in [1.54, 1.807) is 30.3 Å². The van der Waals surface area contributed by atoms with Gasteiger partial charge in [-0.05, 0) is 5.56 Å². The molecule has 0 heterocycles. The Labute approximate surface area is 158 Å². The summed E-state index contributed by atoms with van der Waals surface area (Å²) in [5.41, 5.74) is 0.603. The van der Waals surface area contributed by atoms with Crippen LogP contribution in [0.25, 0.3) is 0 Å². The van der Waals surface area contributed by atoms with E-state index in [9.17, 15) is 23.9 Å². The summed E-state index contributed by atoms with van der Waals surface area (Å²) in [6.45, 7) is -1.33. The topological polar surface area (TPSA) is 113 Å². The minimum absolute atomic E-state index is 0.00439. The predicted molar refractivity (Wildman–Crippen MR) is 91.5 cm³/mol. The highest BCUT2D eigenvalue weighted by atomic mass is 35.5. The van der Waals surface area contributed by atoms with Gasteiger partial charge in [0.05, 0.1) is 5.88 Å². The van der Waals surface area contributed by atoms with Crippen LogP contribution in [-0.4, -0.2) is 50.0 Å². The molecule has 0 aliphatic heterocycles. The smallest absolute Gasteiger partial charge is 0.413 e. The molecule has 1 amide bonds. The van der Waals surface area contributed by atoms with Gasteiger partial charge >= 0.3 is 19.7 Å². The van der Waals surface area contributed by atoms with E-state index in [2.05, 4.69) is 4.74 Å². The largest absolute Gasteiger partial charge is 0.463 e. The summed E-state index contributed by atoms with van der Waals surface area (Å²) >= 11 is 16.6. The molecule has 0 bridgehead atoms. The zero-order valence-corrected chi connectivity index (χ0v) is 15.8. The summed E-state index contributed by atoms with van der Waals surface area (Å²) in [4.78, 5) is 42.6. The van der Waals surface area contributed by atoms with Gasteiger partial charge in [0.15, 0.2) is 0 Å². The van der Waals surface area contributed by atoms with E-state index in [-0.39, 0.29) is 24.0 Å². The van der Waals surface area contributed by atoms with Crippen molar-refractivity contribution in [2.75, 3.05) is 19.0 Å². The van der Waals surface area contributed by atoms with E-state index in [1.165, 1.54) is 0 Å². The summed E-state index contributed by atoms with van der Waals surface area (Å²) in [5, 5.41) is 0. The highest BCUT2D eigenvalue weighted by Gasteiger charge is 2.53. The van der Waals surface area contributed by atoms with Crippen molar-refractivity contribution in [1.82, 2.24) is 4.90 Å². The van der Waals surface area contributed by atoms with Crippen LogP contribution in [0, 0.1) is 0 Å². The molecular formula is C13H15Cl3NO7P. The van der Waals surface area contributed by atoms with Crippen molar-refractivity contribution in [2.24, 2.45) is 0 Å². The molecule has 1 rings (SSSR count). The van der Waals surface area contributed by atoms with Crippen LogP contribution in [0.5, 0.6) is 0 Å². The van der Waals surface area contributed by atoms with Gasteiger partial charge in [0.1, 0.15) is 19.8 Å². The first-order valence-corrected chi connectivity index (χ1v) is 9.63. The average Bonchev–Trinajstić information content (AvgIpc) is 2.55. The number of halogens is 3. The van der Waals surface area contributed by atoms with E-state index in [0.29, 0.717) is 5.56 Å². The number of ether oxygens (including phenoxy) is 2. The highest BCUT2D eigenvalue weighted by molar-refractivity contribution is 7.58. The maximum atomic E-state index is 12.2. The number of benzene rings is 1. The fourth-order valence-electron chi connectivity index (χ4n) is 1.55. The first-order chi connectivity index (χ1) is 11.6. The van der Waals surface area contributed by atoms with Crippen molar-refractivity contribution in [1.29, 1.82) is 0 Å². The lowest BCUT2D eigenvalue weighted by Crippen LogP contribution is -2.47. The zero-order valence-electron chi connectivity index (χ0n) is 12.7. The molecule has 0 atom stereocenters. The molecule has 0 spiro atoms. The summed E-state index contributed by atoms with van der Waals surface area (Å²) in [6, 6.07) is 8.47. The van der Waals surface area contributed by atoms with Gasteiger partial charge in [-0.15, -0.1) is 11.6 Å². The first-order valence-electron chi connectivity index (χ1n) is 6.73. The van der Waals surface area contributed by atoms with Crippen molar-refractivity contribution >= 4 is 54.5 Å². The number of amides is 1. The lowest BCUT2D eigenvalue weighted by molar-refractivity contribution is -0.144. The standard InChI is InChI=1S/C13H15Cl3NO7P/c14-6-7-23-11(18)8-17(13(15,16)25(20,21)22)12(19)24-9-10-4-2-1-3-5-10/h1-5H,6-9H2,(H2,20,21,22). The van der Waals surface area contributed by atoms with E-state index >= 15 is 0 Å². The van der Waals surface area contributed by atoms with Crippen LogP contribution in [0.4, 0.5) is 4.79 Å².